The molecule has 0 spiro atoms. The van der Waals surface area contributed by atoms with Crippen molar-refractivity contribution in [3.05, 3.63) is 35.4 Å². The summed E-state index contributed by atoms with van der Waals surface area (Å²) in [5.74, 6) is -0.761. The lowest BCUT2D eigenvalue weighted by molar-refractivity contribution is -0.143. The summed E-state index contributed by atoms with van der Waals surface area (Å²) in [5, 5.41) is 10.5. The van der Waals surface area contributed by atoms with Crippen LogP contribution in [0, 0.1) is 0 Å². The van der Waals surface area contributed by atoms with Gasteiger partial charge in [0.05, 0.1) is 6.42 Å². The Morgan fingerprint density at radius 2 is 2.15 bits per heavy atom. The Morgan fingerprint density at radius 3 is 2.92 bits per heavy atom. The minimum absolute atomic E-state index is 0.164. The lowest BCUT2D eigenvalue weighted by Crippen LogP contribution is -2.01. The van der Waals surface area contributed by atoms with Gasteiger partial charge in [-0.15, -0.1) is 0 Å². The molecule has 1 aliphatic carbocycles. The van der Waals surface area contributed by atoms with Crippen molar-refractivity contribution in [1.82, 2.24) is 0 Å². The van der Waals surface area contributed by atoms with Crippen molar-refractivity contribution in [2.24, 2.45) is 0 Å². The van der Waals surface area contributed by atoms with Gasteiger partial charge in [0.15, 0.2) is 0 Å². The number of rotatable bonds is 2. The molecule has 1 radical (unpaired) electrons. The SMILES string of the molecule is [O]C(=O)CC1CCc2ccccc21. The zero-order chi connectivity index (χ0) is 9.26. The first-order valence-corrected chi connectivity index (χ1v) is 4.55. The maximum absolute atomic E-state index is 10.5. The molecular weight excluding hydrogens is 164 g/mol. The van der Waals surface area contributed by atoms with Crippen LogP contribution in [0.5, 0.6) is 0 Å². The summed E-state index contributed by atoms with van der Waals surface area (Å²) >= 11 is 0. The van der Waals surface area contributed by atoms with Crippen molar-refractivity contribution in [3.63, 3.8) is 0 Å². The van der Waals surface area contributed by atoms with Crippen LogP contribution in [0.25, 0.3) is 0 Å². The summed E-state index contributed by atoms with van der Waals surface area (Å²) in [6.45, 7) is 0. The van der Waals surface area contributed by atoms with Crippen LogP contribution in [0.15, 0.2) is 24.3 Å². The molecule has 2 heteroatoms. The predicted molar refractivity (Wildman–Crippen MR) is 47.8 cm³/mol. The molecule has 0 amide bonds. The summed E-state index contributed by atoms with van der Waals surface area (Å²) < 4.78 is 0. The van der Waals surface area contributed by atoms with E-state index in [9.17, 15) is 9.90 Å². The highest BCUT2D eigenvalue weighted by Crippen LogP contribution is 2.34. The van der Waals surface area contributed by atoms with E-state index in [1.165, 1.54) is 11.1 Å². The minimum Gasteiger partial charge on any atom is -0.247 e. The van der Waals surface area contributed by atoms with E-state index in [2.05, 4.69) is 6.07 Å². The van der Waals surface area contributed by atoms with E-state index in [0.29, 0.717) is 0 Å². The van der Waals surface area contributed by atoms with Gasteiger partial charge in [-0.3, -0.25) is 0 Å². The average Bonchev–Trinajstić information content (AvgIpc) is 2.48. The Bertz CT molecular complexity index is 331. The van der Waals surface area contributed by atoms with E-state index in [-0.39, 0.29) is 12.3 Å². The van der Waals surface area contributed by atoms with Gasteiger partial charge in [-0.05, 0) is 29.9 Å². The Hall–Kier alpha value is -1.31. The summed E-state index contributed by atoms with van der Waals surface area (Å²) in [6, 6.07) is 8.06. The van der Waals surface area contributed by atoms with Gasteiger partial charge in [-0.2, -0.15) is 0 Å². The highest BCUT2D eigenvalue weighted by atomic mass is 16.4. The second kappa shape index (κ2) is 3.21. The zero-order valence-corrected chi connectivity index (χ0v) is 7.32. The number of aryl methyl sites for hydroxylation is 1. The largest absolute Gasteiger partial charge is 0.356 e. The third kappa shape index (κ3) is 1.57. The maximum atomic E-state index is 10.5. The monoisotopic (exact) mass is 175 g/mol. The lowest BCUT2D eigenvalue weighted by Gasteiger charge is -2.06. The van der Waals surface area contributed by atoms with Crippen molar-refractivity contribution >= 4 is 5.97 Å². The van der Waals surface area contributed by atoms with Crippen molar-refractivity contribution in [2.75, 3.05) is 0 Å². The number of fused-ring (bicyclic) bond motifs is 1. The van der Waals surface area contributed by atoms with Crippen LogP contribution < -0.4 is 0 Å². The van der Waals surface area contributed by atoms with Crippen molar-refractivity contribution in [2.45, 2.75) is 25.2 Å². The van der Waals surface area contributed by atoms with Gasteiger partial charge in [-0.1, -0.05) is 24.3 Å². The summed E-state index contributed by atoms with van der Waals surface area (Å²) in [6.07, 6.45) is 2.12. The molecule has 67 valence electrons. The zero-order valence-electron chi connectivity index (χ0n) is 7.32. The molecule has 1 atom stereocenters. The lowest BCUT2D eigenvalue weighted by atomic mass is 9.98. The Labute approximate surface area is 77.2 Å². The summed E-state index contributed by atoms with van der Waals surface area (Å²) in [4.78, 5) is 10.5. The molecule has 0 fully saturated rings. The first kappa shape index (κ1) is 8.30. The number of hydrogen-bond acceptors (Lipinski definition) is 1. The molecule has 0 saturated heterocycles. The Balaban J connectivity index is 2.23. The Morgan fingerprint density at radius 1 is 1.38 bits per heavy atom. The molecule has 0 aromatic heterocycles. The molecule has 1 aliphatic rings. The standard InChI is InChI=1S/C11H11O2/c12-11(13)7-9-6-5-8-3-1-2-4-10(8)9/h1-4,9H,5-7H2. The van der Waals surface area contributed by atoms with Crippen LogP contribution in [0.2, 0.25) is 0 Å². The number of hydrogen-bond donors (Lipinski definition) is 0. The fourth-order valence-corrected chi connectivity index (χ4v) is 2.06. The normalized spacial score (nSPS) is 19.8. The fourth-order valence-electron chi connectivity index (χ4n) is 2.06. The molecule has 1 aromatic rings. The Kier molecular flexibility index (Phi) is 2.05. The third-order valence-electron chi connectivity index (χ3n) is 2.67. The van der Waals surface area contributed by atoms with Crippen LogP contribution >= 0.6 is 0 Å². The molecular formula is C11H11O2. The number of carbonyl (C=O) groups is 1. The van der Waals surface area contributed by atoms with Crippen molar-refractivity contribution < 1.29 is 9.90 Å². The van der Waals surface area contributed by atoms with E-state index >= 15 is 0 Å². The molecule has 0 heterocycles. The van der Waals surface area contributed by atoms with Crippen LogP contribution in [0.4, 0.5) is 0 Å². The molecule has 2 rings (SSSR count). The van der Waals surface area contributed by atoms with Crippen LogP contribution in [-0.2, 0) is 16.3 Å². The fraction of sp³-hybridized carbons (Fsp3) is 0.364. The van der Waals surface area contributed by atoms with Gasteiger partial charge >= 0.3 is 5.97 Å². The second-order valence-corrected chi connectivity index (χ2v) is 3.51. The molecule has 1 aromatic carbocycles. The molecule has 0 saturated carbocycles. The van der Waals surface area contributed by atoms with Crippen molar-refractivity contribution in [3.8, 4) is 0 Å². The molecule has 0 aliphatic heterocycles. The second-order valence-electron chi connectivity index (χ2n) is 3.51. The van der Waals surface area contributed by atoms with Gasteiger partial charge < -0.3 is 0 Å². The summed E-state index contributed by atoms with van der Waals surface area (Å²) in [7, 11) is 0. The number of carbonyl (C=O) groups excluding carboxylic acids is 1. The molecule has 0 bridgehead atoms. The molecule has 13 heavy (non-hydrogen) atoms. The molecule has 0 N–H and O–H groups in total. The summed E-state index contributed by atoms with van der Waals surface area (Å²) in [5.41, 5.74) is 2.50. The quantitative estimate of drug-likeness (QED) is 0.677. The molecule has 1 unspecified atom stereocenters. The van der Waals surface area contributed by atoms with Crippen LogP contribution in [0.1, 0.15) is 29.9 Å². The van der Waals surface area contributed by atoms with E-state index < -0.39 is 5.97 Å². The minimum atomic E-state index is -0.943. The van der Waals surface area contributed by atoms with Crippen LogP contribution in [-0.4, -0.2) is 5.97 Å². The number of benzene rings is 1. The smallest absolute Gasteiger partial charge is 0.247 e. The first-order chi connectivity index (χ1) is 6.27. The van der Waals surface area contributed by atoms with Crippen LogP contribution in [0.3, 0.4) is 0 Å². The highest BCUT2D eigenvalue weighted by molar-refractivity contribution is 5.68. The third-order valence-corrected chi connectivity index (χ3v) is 2.67. The van der Waals surface area contributed by atoms with Crippen molar-refractivity contribution in [1.29, 1.82) is 0 Å². The maximum Gasteiger partial charge on any atom is 0.356 e. The topological polar surface area (TPSA) is 37.0 Å². The van der Waals surface area contributed by atoms with E-state index in [1.54, 1.807) is 0 Å². The predicted octanol–water partition coefficient (Wildman–Crippen LogP) is 2.06. The van der Waals surface area contributed by atoms with E-state index in [0.717, 1.165) is 12.8 Å². The van der Waals surface area contributed by atoms with E-state index in [4.69, 9.17) is 0 Å². The van der Waals surface area contributed by atoms with Gasteiger partial charge in [0.25, 0.3) is 0 Å². The van der Waals surface area contributed by atoms with Gasteiger partial charge in [0, 0.05) is 0 Å². The van der Waals surface area contributed by atoms with E-state index in [1.807, 2.05) is 18.2 Å². The molecule has 2 nitrogen and oxygen atoms in total. The van der Waals surface area contributed by atoms with Gasteiger partial charge in [0.1, 0.15) is 0 Å². The van der Waals surface area contributed by atoms with Gasteiger partial charge in [-0.25, -0.2) is 9.90 Å². The van der Waals surface area contributed by atoms with Gasteiger partial charge in [0.2, 0.25) is 0 Å². The first-order valence-electron chi connectivity index (χ1n) is 4.55. The highest BCUT2D eigenvalue weighted by Gasteiger charge is 2.24. The average molecular weight is 175 g/mol.